The molecule has 32 heavy (non-hydrogen) atoms. The lowest BCUT2D eigenvalue weighted by atomic mass is 10.1. The third-order valence-corrected chi connectivity index (χ3v) is 5.57. The van der Waals surface area contributed by atoms with Crippen LogP contribution in [0.4, 0.5) is 11.4 Å². The summed E-state index contributed by atoms with van der Waals surface area (Å²) in [4.78, 5) is 29.1. The highest BCUT2D eigenvalue weighted by molar-refractivity contribution is 6.04. The van der Waals surface area contributed by atoms with E-state index in [-0.39, 0.29) is 11.8 Å². The number of ether oxygens (including phenoxy) is 1. The molecule has 3 rings (SSSR count). The number of amides is 2. The minimum absolute atomic E-state index is 0.157. The van der Waals surface area contributed by atoms with Gasteiger partial charge in [-0.2, -0.15) is 0 Å². The van der Waals surface area contributed by atoms with Crippen molar-refractivity contribution in [2.45, 2.75) is 40.0 Å². The average molecular weight is 438 g/mol. The molecule has 0 saturated carbocycles. The molecule has 0 radical (unpaired) electrons. The summed E-state index contributed by atoms with van der Waals surface area (Å²) in [6.07, 6.45) is 2.68. The normalized spacial score (nSPS) is 13.9. The van der Waals surface area contributed by atoms with Gasteiger partial charge in [0.2, 0.25) is 5.91 Å². The minimum Gasteiger partial charge on any atom is -0.494 e. The van der Waals surface area contributed by atoms with Crippen LogP contribution in [0.3, 0.4) is 0 Å². The molecule has 6 nitrogen and oxygen atoms in total. The van der Waals surface area contributed by atoms with Crippen LogP contribution in [0.25, 0.3) is 0 Å². The number of carbonyl (C=O) groups is 2. The van der Waals surface area contributed by atoms with Crippen molar-refractivity contribution in [1.29, 1.82) is 0 Å². The van der Waals surface area contributed by atoms with Crippen molar-refractivity contribution < 1.29 is 14.3 Å². The Morgan fingerprint density at radius 3 is 2.41 bits per heavy atom. The molecular weight excluding hydrogens is 402 g/mol. The van der Waals surface area contributed by atoms with Gasteiger partial charge in [-0.3, -0.25) is 9.59 Å². The number of piperazine rings is 1. The molecule has 0 aromatic heterocycles. The number of anilines is 2. The summed E-state index contributed by atoms with van der Waals surface area (Å²) < 4.78 is 5.70. The number of carbonyl (C=O) groups excluding carboxylic acids is 2. The fourth-order valence-electron chi connectivity index (χ4n) is 3.71. The Labute approximate surface area is 191 Å². The van der Waals surface area contributed by atoms with E-state index in [9.17, 15) is 9.59 Å². The summed E-state index contributed by atoms with van der Waals surface area (Å²) >= 11 is 0. The Balaban J connectivity index is 1.52. The van der Waals surface area contributed by atoms with Crippen molar-refractivity contribution in [3.63, 3.8) is 0 Å². The number of hydrogen-bond donors (Lipinski definition) is 1. The summed E-state index contributed by atoms with van der Waals surface area (Å²) in [5, 5.41) is 2.96. The molecule has 1 saturated heterocycles. The number of nitrogens with zero attached hydrogens (tertiary/aromatic N) is 2. The average Bonchev–Trinajstić information content (AvgIpc) is 2.80. The van der Waals surface area contributed by atoms with Crippen LogP contribution in [0.5, 0.6) is 5.75 Å². The van der Waals surface area contributed by atoms with E-state index in [0.717, 1.165) is 50.4 Å². The van der Waals surface area contributed by atoms with Crippen molar-refractivity contribution in [3.05, 3.63) is 54.1 Å². The van der Waals surface area contributed by atoms with Gasteiger partial charge < -0.3 is 19.9 Å². The molecule has 1 N–H and O–H groups in total. The summed E-state index contributed by atoms with van der Waals surface area (Å²) in [6.45, 7) is 10.1. The Bertz CT molecular complexity index is 887. The maximum Gasteiger partial charge on any atom is 0.255 e. The molecule has 1 aliphatic heterocycles. The highest BCUT2D eigenvalue weighted by Crippen LogP contribution is 2.21. The van der Waals surface area contributed by atoms with E-state index in [1.807, 2.05) is 41.3 Å². The first kappa shape index (κ1) is 23.6. The lowest BCUT2D eigenvalue weighted by Gasteiger charge is -2.36. The highest BCUT2D eigenvalue weighted by Gasteiger charge is 2.21. The zero-order chi connectivity index (χ0) is 22.9. The van der Waals surface area contributed by atoms with Crippen LogP contribution in [0.1, 0.15) is 50.4 Å². The van der Waals surface area contributed by atoms with Gasteiger partial charge in [-0.1, -0.05) is 33.3 Å². The number of rotatable bonds is 9. The molecule has 6 heteroatoms. The molecule has 0 unspecified atom stereocenters. The first-order valence-corrected chi connectivity index (χ1v) is 11.6. The quantitative estimate of drug-likeness (QED) is 0.572. The molecule has 0 atom stereocenters. The van der Waals surface area contributed by atoms with Gasteiger partial charge in [-0.25, -0.2) is 0 Å². The predicted octanol–water partition coefficient (Wildman–Crippen LogP) is 4.81. The first-order chi connectivity index (χ1) is 15.5. The molecule has 0 aliphatic carbocycles. The number of benzene rings is 2. The molecular formula is C26H35N3O3. The van der Waals surface area contributed by atoms with Crippen LogP contribution >= 0.6 is 0 Å². The fraction of sp³-hybridized carbons (Fsp3) is 0.462. The zero-order valence-corrected chi connectivity index (χ0v) is 19.5. The van der Waals surface area contributed by atoms with Gasteiger partial charge in [-0.05, 0) is 54.8 Å². The topological polar surface area (TPSA) is 61.9 Å². The van der Waals surface area contributed by atoms with E-state index in [2.05, 4.69) is 31.0 Å². The number of hydrogen-bond acceptors (Lipinski definition) is 4. The Morgan fingerprint density at radius 2 is 1.75 bits per heavy atom. The molecule has 172 valence electrons. The van der Waals surface area contributed by atoms with E-state index in [0.29, 0.717) is 30.3 Å². The van der Waals surface area contributed by atoms with Crippen molar-refractivity contribution in [1.82, 2.24) is 4.90 Å². The van der Waals surface area contributed by atoms with Gasteiger partial charge in [0, 0.05) is 49.5 Å². The monoisotopic (exact) mass is 437 g/mol. The molecule has 1 aliphatic rings. The van der Waals surface area contributed by atoms with E-state index in [4.69, 9.17) is 4.74 Å². The standard InChI is InChI=1S/C26H35N3O3/c1-4-5-17-32-24-8-6-7-21(19-24)26(31)27-22-9-11-23(12-10-22)28-13-15-29(16-14-28)25(30)18-20(2)3/h6-12,19-20H,4-5,13-18H2,1-3H3,(H,27,31). The van der Waals surface area contributed by atoms with Crippen molar-refractivity contribution in [2.24, 2.45) is 5.92 Å². The van der Waals surface area contributed by atoms with Crippen molar-refractivity contribution in [3.8, 4) is 5.75 Å². The highest BCUT2D eigenvalue weighted by atomic mass is 16.5. The largest absolute Gasteiger partial charge is 0.494 e. The van der Waals surface area contributed by atoms with Crippen molar-refractivity contribution >= 4 is 23.2 Å². The molecule has 0 spiro atoms. The van der Waals surface area contributed by atoms with Crippen molar-refractivity contribution in [2.75, 3.05) is 43.0 Å². The Kier molecular flexibility index (Phi) is 8.54. The predicted molar refractivity (Wildman–Crippen MR) is 129 cm³/mol. The van der Waals surface area contributed by atoms with Crippen LogP contribution in [-0.4, -0.2) is 49.5 Å². The Morgan fingerprint density at radius 1 is 1.03 bits per heavy atom. The van der Waals surface area contributed by atoms with E-state index < -0.39 is 0 Å². The lowest BCUT2D eigenvalue weighted by molar-refractivity contribution is -0.132. The zero-order valence-electron chi connectivity index (χ0n) is 19.5. The van der Waals surface area contributed by atoms with Gasteiger partial charge in [-0.15, -0.1) is 0 Å². The second-order valence-corrected chi connectivity index (χ2v) is 8.70. The molecule has 2 aromatic carbocycles. The molecule has 2 amide bonds. The molecule has 2 aromatic rings. The minimum atomic E-state index is -0.157. The maximum atomic E-state index is 12.6. The SMILES string of the molecule is CCCCOc1cccc(C(=O)Nc2ccc(N3CCN(C(=O)CC(C)C)CC3)cc2)c1. The second-order valence-electron chi connectivity index (χ2n) is 8.70. The number of nitrogens with one attached hydrogen (secondary N) is 1. The Hall–Kier alpha value is -3.02. The lowest BCUT2D eigenvalue weighted by Crippen LogP contribution is -2.49. The second kappa shape index (κ2) is 11.6. The number of unbranched alkanes of at least 4 members (excludes halogenated alkanes) is 1. The summed E-state index contributed by atoms with van der Waals surface area (Å²) in [5.41, 5.74) is 2.43. The smallest absolute Gasteiger partial charge is 0.255 e. The third kappa shape index (κ3) is 6.74. The van der Waals surface area contributed by atoms with Gasteiger partial charge >= 0.3 is 0 Å². The van der Waals surface area contributed by atoms with Crippen LogP contribution in [0.15, 0.2) is 48.5 Å². The fourth-order valence-corrected chi connectivity index (χ4v) is 3.71. The summed E-state index contributed by atoms with van der Waals surface area (Å²) in [7, 11) is 0. The van der Waals surface area contributed by atoms with Crippen LogP contribution in [-0.2, 0) is 4.79 Å². The van der Waals surface area contributed by atoms with E-state index in [1.54, 1.807) is 12.1 Å². The molecule has 1 heterocycles. The third-order valence-electron chi connectivity index (χ3n) is 5.57. The van der Waals surface area contributed by atoms with Gasteiger partial charge in [0.25, 0.3) is 5.91 Å². The van der Waals surface area contributed by atoms with E-state index >= 15 is 0 Å². The molecule has 1 fully saturated rings. The van der Waals surface area contributed by atoms with Gasteiger partial charge in [0.15, 0.2) is 0 Å². The first-order valence-electron chi connectivity index (χ1n) is 11.6. The molecule has 0 bridgehead atoms. The van der Waals surface area contributed by atoms with Gasteiger partial charge in [0.05, 0.1) is 6.61 Å². The van der Waals surface area contributed by atoms with Gasteiger partial charge in [0.1, 0.15) is 5.75 Å². The summed E-state index contributed by atoms with van der Waals surface area (Å²) in [6, 6.07) is 15.2. The maximum absolute atomic E-state index is 12.6. The van der Waals surface area contributed by atoms with E-state index in [1.165, 1.54) is 0 Å². The van der Waals surface area contributed by atoms with Crippen LogP contribution in [0.2, 0.25) is 0 Å². The van der Waals surface area contributed by atoms with Crippen LogP contribution in [0, 0.1) is 5.92 Å². The summed E-state index contributed by atoms with van der Waals surface area (Å²) in [5.74, 6) is 1.19. The van der Waals surface area contributed by atoms with Crippen LogP contribution < -0.4 is 15.0 Å².